The normalized spacial score (nSPS) is 33.2. The lowest BCUT2D eigenvalue weighted by atomic mass is 9.48. The van der Waals surface area contributed by atoms with Gasteiger partial charge in [-0.1, -0.05) is 24.3 Å². The molecule has 2 aromatic rings. The third-order valence-electron chi connectivity index (χ3n) is 7.93. The van der Waals surface area contributed by atoms with Gasteiger partial charge < -0.3 is 14.8 Å². The van der Waals surface area contributed by atoms with Gasteiger partial charge >= 0.3 is 0 Å². The van der Waals surface area contributed by atoms with Crippen molar-refractivity contribution in [3.63, 3.8) is 0 Å². The lowest BCUT2D eigenvalue weighted by Gasteiger charge is -2.59. The average Bonchev–Trinajstić information content (AvgIpc) is 3.14. The summed E-state index contributed by atoms with van der Waals surface area (Å²) in [5, 5.41) is 13.5. The minimum Gasteiger partial charge on any atom is -0.460 e. The van der Waals surface area contributed by atoms with Gasteiger partial charge in [-0.3, -0.25) is 0 Å². The Bertz CT molecular complexity index is 784. The third-order valence-corrected chi connectivity index (χ3v) is 7.93. The molecule has 4 bridgehead atoms. The van der Waals surface area contributed by atoms with Crippen LogP contribution >= 0.6 is 0 Å². The minimum absolute atomic E-state index is 0.434. The molecule has 4 saturated carbocycles. The molecule has 150 valence electrons. The SMILES string of the molecule is C[C@H](O)c1ccc(-c2ccc(CN[C@H](C)C34CC5CC(CC(C5)C3)C4)o2)cc1. The second-order valence-electron chi connectivity index (χ2n) is 9.95. The molecule has 4 fully saturated rings. The molecule has 0 amide bonds. The van der Waals surface area contributed by atoms with Gasteiger partial charge in [0.25, 0.3) is 0 Å². The van der Waals surface area contributed by atoms with Crippen LogP contribution in [0.25, 0.3) is 11.3 Å². The van der Waals surface area contributed by atoms with Crippen molar-refractivity contribution in [1.82, 2.24) is 5.32 Å². The van der Waals surface area contributed by atoms with E-state index in [1.165, 1.54) is 38.5 Å². The highest BCUT2D eigenvalue weighted by Gasteiger charge is 2.52. The summed E-state index contributed by atoms with van der Waals surface area (Å²) in [6.07, 6.45) is 8.38. The van der Waals surface area contributed by atoms with Gasteiger partial charge in [0, 0.05) is 11.6 Å². The largest absolute Gasteiger partial charge is 0.460 e. The van der Waals surface area contributed by atoms with E-state index in [2.05, 4.69) is 24.4 Å². The molecule has 28 heavy (non-hydrogen) atoms. The van der Waals surface area contributed by atoms with E-state index < -0.39 is 6.10 Å². The van der Waals surface area contributed by atoms with Gasteiger partial charge in [-0.25, -0.2) is 0 Å². The molecule has 4 aliphatic rings. The molecular weight excluding hydrogens is 346 g/mol. The Morgan fingerprint density at radius 1 is 0.964 bits per heavy atom. The fourth-order valence-electron chi connectivity index (χ4n) is 6.73. The molecule has 0 unspecified atom stereocenters. The molecule has 3 nitrogen and oxygen atoms in total. The highest BCUT2D eigenvalue weighted by Crippen LogP contribution is 2.61. The summed E-state index contributed by atoms with van der Waals surface area (Å²) < 4.78 is 6.11. The first-order chi connectivity index (χ1) is 13.5. The first-order valence-corrected chi connectivity index (χ1v) is 11.1. The van der Waals surface area contributed by atoms with Crippen molar-refractivity contribution in [3.05, 3.63) is 47.7 Å². The molecule has 0 radical (unpaired) electrons. The molecule has 4 aliphatic carbocycles. The van der Waals surface area contributed by atoms with Crippen molar-refractivity contribution in [2.45, 2.75) is 71.1 Å². The Morgan fingerprint density at radius 2 is 1.57 bits per heavy atom. The summed E-state index contributed by atoms with van der Waals surface area (Å²) in [5.74, 6) is 4.89. The summed E-state index contributed by atoms with van der Waals surface area (Å²) in [6.45, 7) is 5.00. The molecule has 1 aromatic heterocycles. The monoisotopic (exact) mass is 379 g/mol. The summed E-state index contributed by atoms with van der Waals surface area (Å²) in [6, 6.07) is 12.7. The first-order valence-electron chi connectivity index (χ1n) is 11.1. The van der Waals surface area contributed by atoms with E-state index in [-0.39, 0.29) is 0 Å². The standard InChI is InChI=1S/C25H33NO2/c1-16(27)21-3-5-22(6-4-21)24-8-7-23(28-24)15-26-17(2)25-12-18-9-19(13-25)11-20(10-18)14-25/h3-8,16-20,26-27H,9-15H2,1-2H3/t16-,17+,18?,19?,20?,25?/m0/s1. The summed E-state index contributed by atoms with van der Waals surface area (Å²) >= 11 is 0. The lowest BCUT2D eigenvalue weighted by molar-refractivity contribution is -0.0708. The Balaban J connectivity index is 1.23. The molecule has 0 aliphatic heterocycles. The molecule has 1 aromatic carbocycles. The zero-order valence-electron chi connectivity index (χ0n) is 17.2. The van der Waals surface area contributed by atoms with Crippen molar-refractivity contribution >= 4 is 0 Å². The fraction of sp³-hybridized carbons (Fsp3) is 0.600. The number of furan rings is 1. The van der Waals surface area contributed by atoms with Crippen molar-refractivity contribution in [3.8, 4) is 11.3 Å². The van der Waals surface area contributed by atoms with Crippen molar-refractivity contribution in [1.29, 1.82) is 0 Å². The van der Waals surface area contributed by atoms with E-state index in [1.807, 2.05) is 24.3 Å². The lowest BCUT2D eigenvalue weighted by Crippen LogP contribution is -2.54. The number of rotatable bonds is 6. The second kappa shape index (κ2) is 7.03. The topological polar surface area (TPSA) is 45.4 Å². The molecule has 1 heterocycles. The number of hydrogen-bond donors (Lipinski definition) is 2. The van der Waals surface area contributed by atoms with E-state index >= 15 is 0 Å². The van der Waals surface area contributed by atoms with Crippen molar-refractivity contribution in [2.75, 3.05) is 0 Å². The van der Waals surface area contributed by atoms with Crippen LogP contribution in [0.1, 0.15) is 69.8 Å². The average molecular weight is 380 g/mol. The van der Waals surface area contributed by atoms with Crippen LogP contribution in [0.3, 0.4) is 0 Å². The van der Waals surface area contributed by atoms with E-state index in [9.17, 15) is 5.11 Å². The number of aliphatic hydroxyl groups excluding tert-OH is 1. The number of nitrogens with one attached hydrogen (secondary N) is 1. The predicted octanol–water partition coefficient (Wildman–Crippen LogP) is 5.69. The van der Waals surface area contributed by atoms with E-state index in [0.29, 0.717) is 11.5 Å². The molecule has 0 spiro atoms. The molecule has 6 rings (SSSR count). The maximum atomic E-state index is 9.67. The van der Waals surface area contributed by atoms with Gasteiger partial charge in [0.15, 0.2) is 0 Å². The number of hydrogen-bond acceptors (Lipinski definition) is 3. The zero-order valence-corrected chi connectivity index (χ0v) is 17.2. The van der Waals surface area contributed by atoms with Crippen LogP contribution in [0, 0.1) is 23.2 Å². The minimum atomic E-state index is -0.434. The summed E-state index contributed by atoms with van der Waals surface area (Å²) in [4.78, 5) is 0. The first kappa shape index (κ1) is 18.4. The van der Waals surface area contributed by atoms with Crippen LogP contribution in [-0.4, -0.2) is 11.1 Å². The summed E-state index contributed by atoms with van der Waals surface area (Å²) in [7, 11) is 0. The Morgan fingerprint density at radius 3 is 2.14 bits per heavy atom. The number of benzene rings is 1. The zero-order chi connectivity index (χ0) is 19.3. The maximum absolute atomic E-state index is 9.67. The molecule has 2 atom stereocenters. The highest BCUT2D eigenvalue weighted by atomic mass is 16.3. The number of aliphatic hydroxyl groups is 1. The van der Waals surface area contributed by atoms with Gasteiger partial charge in [-0.05, 0) is 93.2 Å². The quantitative estimate of drug-likeness (QED) is 0.677. The van der Waals surface area contributed by atoms with Gasteiger partial charge in [-0.2, -0.15) is 0 Å². The van der Waals surface area contributed by atoms with Crippen molar-refractivity contribution < 1.29 is 9.52 Å². The van der Waals surface area contributed by atoms with Gasteiger partial charge in [0.1, 0.15) is 11.5 Å². The third kappa shape index (κ3) is 3.33. The van der Waals surface area contributed by atoms with E-state index in [1.54, 1.807) is 6.92 Å². The highest BCUT2D eigenvalue weighted by molar-refractivity contribution is 5.58. The molecule has 3 heteroatoms. The Kier molecular flexibility index (Phi) is 4.64. The smallest absolute Gasteiger partial charge is 0.134 e. The molecule has 0 saturated heterocycles. The van der Waals surface area contributed by atoms with Crippen LogP contribution in [0.2, 0.25) is 0 Å². The molecule has 2 N–H and O–H groups in total. The van der Waals surface area contributed by atoms with Gasteiger partial charge in [0.2, 0.25) is 0 Å². The van der Waals surface area contributed by atoms with Crippen LogP contribution in [0.5, 0.6) is 0 Å². The van der Waals surface area contributed by atoms with E-state index in [0.717, 1.165) is 46.9 Å². The Hall–Kier alpha value is -1.58. The van der Waals surface area contributed by atoms with Crippen LogP contribution in [0.4, 0.5) is 0 Å². The van der Waals surface area contributed by atoms with Crippen LogP contribution < -0.4 is 5.32 Å². The van der Waals surface area contributed by atoms with Gasteiger partial charge in [-0.15, -0.1) is 0 Å². The Labute approximate surface area is 168 Å². The fourth-order valence-corrected chi connectivity index (χ4v) is 6.73. The maximum Gasteiger partial charge on any atom is 0.134 e. The predicted molar refractivity (Wildman–Crippen MR) is 112 cm³/mol. The summed E-state index contributed by atoms with van der Waals surface area (Å²) in [5.41, 5.74) is 2.52. The molecular formula is C25H33NO2. The van der Waals surface area contributed by atoms with Crippen LogP contribution in [0.15, 0.2) is 40.8 Å². The van der Waals surface area contributed by atoms with Crippen LogP contribution in [-0.2, 0) is 6.54 Å². The van der Waals surface area contributed by atoms with Crippen molar-refractivity contribution in [2.24, 2.45) is 23.2 Å². The van der Waals surface area contributed by atoms with E-state index in [4.69, 9.17) is 4.42 Å². The van der Waals surface area contributed by atoms with Gasteiger partial charge in [0.05, 0.1) is 12.6 Å². The second-order valence-corrected chi connectivity index (χ2v) is 9.95.